The van der Waals surface area contributed by atoms with Crippen molar-refractivity contribution in [2.24, 2.45) is 0 Å². The SMILES string of the molecule is COc1ccc(CC(=O)NC2CCN(CC[C@@H](NC(=O)OC(C)(C)C)c3ccccc3)CC2)cc1. The number of methoxy groups -OCH3 is 1. The minimum atomic E-state index is -0.537. The van der Waals surface area contributed by atoms with E-state index in [9.17, 15) is 9.59 Å². The number of likely N-dealkylation sites (tertiary alicyclic amines) is 1. The van der Waals surface area contributed by atoms with E-state index in [1.807, 2.05) is 75.4 Å². The van der Waals surface area contributed by atoms with Crippen LogP contribution in [0.15, 0.2) is 54.6 Å². The molecule has 0 saturated carbocycles. The normalized spacial score (nSPS) is 15.8. The van der Waals surface area contributed by atoms with Gasteiger partial charge in [-0.3, -0.25) is 4.79 Å². The molecule has 1 aliphatic heterocycles. The largest absolute Gasteiger partial charge is 0.497 e. The molecule has 0 aromatic heterocycles. The van der Waals surface area contributed by atoms with E-state index < -0.39 is 11.7 Å². The van der Waals surface area contributed by atoms with Gasteiger partial charge < -0.3 is 25.0 Å². The number of hydrogen-bond acceptors (Lipinski definition) is 5. The fraction of sp³-hybridized carbons (Fsp3) is 0.500. The first-order chi connectivity index (χ1) is 16.7. The third kappa shape index (κ3) is 9.25. The second-order valence-corrected chi connectivity index (χ2v) is 10.1. The van der Waals surface area contributed by atoms with Gasteiger partial charge in [0.2, 0.25) is 5.91 Å². The van der Waals surface area contributed by atoms with E-state index in [4.69, 9.17) is 9.47 Å². The number of carbonyl (C=O) groups is 2. The van der Waals surface area contributed by atoms with Crippen LogP contribution in [-0.2, 0) is 16.0 Å². The molecule has 2 aromatic carbocycles. The van der Waals surface area contributed by atoms with Gasteiger partial charge in [-0.05, 0) is 63.3 Å². The fourth-order valence-electron chi connectivity index (χ4n) is 4.28. The first-order valence-corrected chi connectivity index (χ1v) is 12.4. The van der Waals surface area contributed by atoms with Crippen LogP contribution in [0.2, 0.25) is 0 Å². The molecule has 0 radical (unpaired) electrons. The van der Waals surface area contributed by atoms with E-state index in [1.165, 1.54) is 0 Å². The molecule has 1 aliphatic rings. The fourth-order valence-corrected chi connectivity index (χ4v) is 4.28. The number of amides is 2. The monoisotopic (exact) mass is 481 g/mol. The molecular formula is C28H39N3O4. The first kappa shape index (κ1) is 26.5. The summed E-state index contributed by atoms with van der Waals surface area (Å²) in [4.78, 5) is 27.3. The summed E-state index contributed by atoms with van der Waals surface area (Å²) in [5, 5.41) is 6.23. The van der Waals surface area contributed by atoms with E-state index in [1.54, 1.807) is 7.11 Å². The van der Waals surface area contributed by atoms with Gasteiger partial charge in [0.25, 0.3) is 0 Å². The molecule has 7 nitrogen and oxygen atoms in total. The molecule has 2 N–H and O–H groups in total. The highest BCUT2D eigenvalue weighted by Crippen LogP contribution is 2.20. The van der Waals surface area contributed by atoms with Gasteiger partial charge in [0.15, 0.2) is 0 Å². The van der Waals surface area contributed by atoms with Crippen LogP contribution in [0, 0.1) is 0 Å². The zero-order chi connectivity index (χ0) is 25.3. The topological polar surface area (TPSA) is 79.9 Å². The summed E-state index contributed by atoms with van der Waals surface area (Å²) in [6, 6.07) is 17.7. The molecule has 0 aliphatic carbocycles. The van der Waals surface area contributed by atoms with Gasteiger partial charge in [-0.25, -0.2) is 4.79 Å². The van der Waals surface area contributed by atoms with E-state index >= 15 is 0 Å². The number of rotatable bonds is 9. The molecule has 7 heteroatoms. The van der Waals surface area contributed by atoms with Crippen molar-refractivity contribution in [1.29, 1.82) is 0 Å². The zero-order valence-corrected chi connectivity index (χ0v) is 21.4. The Labute approximate surface area is 209 Å². The summed E-state index contributed by atoms with van der Waals surface area (Å²) in [5.41, 5.74) is 1.51. The average Bonchev–Trinajstić information content (AvgIpc) is 2.82. The second-order valence-electron chi connectivity index (χ2n) is 10.1. The third-order valence-electron chi connectivity index (χ3n) is 6.10. The van der Waals surface area contributed by atoms with E-state index in [0.717, 1.165) is 55.8 Å². The van der Waals surface area contributed by atoms with Crippen LogP contribution in [0.4, 0.5) is 4.79 Å². The minimum absolute atomic E-state index is 0.0549. The molecule has 2 aromatic rings. The summed E-state index contributed by atoms with van der Waals surface area (Å²) in [5.74, 6) is 0.844. The number of hydrogen-bond donors (Lipinski definition) is 2. The number of nitrogens with zero attached hydrogens (tertiary/aromatic N) is 1. The van der Waals surface area contributed by atoms with E-state index in [-0.39, 0.29) is 18.0 Å². The van der Waals surface area contributed by atoms with Crippen LogP contribution in [0.3, 0.4) is 0 Å². The Bertz CT molecular complexity index is 933. The average molecular weight is 482 g/mol. The summed E-state index contributed by atoms with van der Waals surface area (Å²) in [7, 11) is 1.63. The standard InChI is InChI=1S/C28H39N3O4/c1-28(2,3)35-27(33)30-25(22-8-6-5-7-9-22)16-19-31-17-14-23(15-18-31)29-26(32)20-21-10-12-24(34-4)13-11-21/h5-13,23,25H,14-20H2,1-4H3,(H,29,32)(H,30,33)/t25-/m1/s1. The van der Waals surface area contributed by atoms with E-state index in [2.05, 4.69) is 15.5 Å². The Hall–Kier alpha value is -3.06. The van der Waals surface area contributed by atoms with Gasteiger partial charge >= 0.3 is 6.09 Å². The van der Waals surface area contributed by atoms with Gasteiger partial charge in [-0.15, -0.1) is 0 Å². The van der Waals surface area contributed by atoms with Crippen molar-refractivity contribution < 1.29 is 19.1 Å². The predicted molar refractivity (Wildman–Crippen MR) is 137 cm³/mol. The highest BCUT2D eigenvalue weighted by atomic mass is 16.6. The van der Waals surface area contributed by atoms with Crippen LogP contribution < -0.4 is 15.4 Å². The Balaban J connectivity index is 1.44. The van der Waals surface area contributed by atoms with Crippen LogP contribution in [-0.4, -0.2) is 55.3 Å². The lowest BCUT2D eigenvalue weighted by atomic mass is 10.0. The molecule has 0 unspecified atom stereocenters. The summed E-state index contributed by atoms with van der Waals surface area (Å²) >= 11 is 0. The molecule has 0 bridgehead atoms. The Morgan fingerprint density at radius 3 is 2.29 bits per heavy atom. The van der Waals surface area contributed by atoms with Crippen LogP contribution in [0.25, 0.3) is 0 Å². The van der Waals surface area contributed by atoms with E-state index in [0.29, 0.717) is 6.42 Å². The van der Waals surface area contributed by atoms with Gasteiger partial charge in [-0.1, -0.05) is 42.5 Å². The highest BCUT2D eigenvalue weighted by Gasteiger charge is 2.24. The molecule has 1 fully saturated rings. The molecule has 35 heavy (non-hydrogen) atoms. The van der Waals surface area contributed by atoms with Crippen molar-refractivity contribution in [1.82, 2.24) is 15.5 Å². The van der Waals surface area contributed by atoms with Crippen molar-refractivity contribution in [3.63, 3.8) is 0 Å². The molecule has 3 rings (SSSR count). The maximum atomic E-state index is 12.5. The van der Waals surface area contributed by atoms with Gasteiger partial charge in [0.1, 0.15) is 11.4 Å². The molecule has 1 saturated heterocycles. The molecule has 0 spiro atoms. The third-order valence-corrected chi connectivity index (χ3v) is 6.10. The summed E-state index contributed by atoms with van der Waals surface area (Å²) in [6.45, 7) is 8.29. The van der Waals surface area contributed by atoms with Crippen LogP contribution in [0.5, 0.6) is 5.75 Å². The van der Waals surface area contributed by atoms with Crippen molar-refractivity contribution in [3.05, 3.63) is 65.7 Å². The quantitative estimate of drug-likeness (QED) is 0.552. The van der Waals surface area contributed by atoms with Crippen molar-refractivity contribution in [2.45, 2.75) is 64.1 Å². The molecule has 190 valence electrons. The van der Waals surface area contributed by atoms with Crippen molar-refractivity contribution in [3.8, 4) is 5.75 Å². The smallest absolute Gasteiger partial charge is 0.408 e. The highest BCUT2D eigenvalue weighted by molar-refractivity contribution is 5.78. The Kier molecular flexibility index (Phi) is 9.55. The van der Waals surface area contributed by atoms with Gasteiger partial charge in [0.05, 0.1) is 19.6 Å². The number of carbonyl (C=O) groups excluding carboxylic acids is 2. The maximum Gasteiger partial charge on any atom is 0.408 e. The maximum absolute atomic E-state index is 12.5. The predicted octanol–water partition coefficient (Wildman–Crippen LogP) is 4.47. The van der Waals surface area contributed by atoms with Crippen LogP contribution in [0.1, 0.15) is 57.2 Å². The van der Waals surface area contributed by atoms with Crippen molar-refractivity contribution >= 4 is 12.0 Å². The number of piperidine rings is 1. The number of nitrogens with one attached hydrogen (secondary N) is 2. The van der Waals surface area contributed by atoms with Gasteiger partial charge in [-0.2, -0.15) is 0 Å². The molecule has 2 amide bonds. The Morgan fingerprint density at radius 1 is 1.03 bits per heavy atom. The minimum Gasteiger partial charge on any atom is -0.497 e. The molecule has 1 heterocycles. The summed E-state index contributed by atoms with van der Waals surface area (Å²) < 4.78 is 10.6. The Morgan fingerprint density at radius 2 is 1.69 bits per heavy atom. The van der Waals surface area contributed by atoms with Crippen molar-refractivity contribution in [2.75, 3.05) is 26.7 Å². The molecular weight excluding hydrogens is 442 g/mol. The zero-order valence-electron chi connectivity index (χ0n) is 21.4. The lowest BCUT2D eigenvalue weighted by Gasteiger charge is -2.33. The number of benzene rings is 2. The number of alkyl carbamates (subject to hydrolysis) is 1. The lowest BCUT2D eigenvalue weighted by molar-refractivity contribution is -0.121. The number of ether oxygens (including phenoxy) is 2. The lowest BCUT2D eigenvalue weighted by Crippen LogP contribution is -2.45. The first-order valence-electron chi connectivity index (χ1n) is 12.4. The van der Waals surface area contributed by atoms with Gasteiger partial charge in [0, 0.05) is 25.7 Å². The van der Waals surface area contributed by atoms with Crippen LogP contribution >= 0.6 is 0 Å². The second kappa shape index (κ2) is 12.6. The molecule has 1 atom stereocenters. The summed E-state index contributed by atoms with van der Waals surface area (Å²) in [6.07, 6.45) is 2.61.